The number of hydrogen-bond acceptors (Lipinski definition) is 5. The van der Waals surface area contributed by atoms with Crippen LogP contribution in [-0.2, 0) is 4.74 Å². The Morgan fingerprint density at radius 2 is 2.29 bits per heavy atom. The van der Waals surface area contributed by atoms with Crippen LogP contribution in [0.3, 0.4) is 0 Å². The van der Waals surface area contributed by atoms with Crippen LogP contribution in [-0.4, -0.2) is 38.8 Å². The summed E-state index contributed by atoms with van der Waals surface area (Å²) in [4.78, 5) is 15.4. The summed E-state index contributed by atoms with van der Waals surface area (Å²) < 4.78 is 6.66. The summed E-state index contributed by atoms with van der Waals surface area (Å²) in [5.74, 6) is 0.739. The van der Waals surface area contributed by atoms with Gasteiger partial charge in [-0.1, -0.05) is 0 Å². The van der Waals surface area contributed by atoms with E-state index in [1.54, 1.807) is 6.07 Å². The number of H-pyrrole nitrogens is 1. The smallest absolute Gasteiger partial charge is 0.348 e. The molecule has 1 aliphatic rings. The monoisotopic (exact) mass is 235 g/mol. The van der Waals surface area contributed by atoms with Crippen molar-refractivity contribution in [2.75, 3.05) is 18.5 Å². The van der Waals surface area contributed by atoms with E-state index in [0.717, 1.165) is 31.9 Å². The second kappa shape index (κ2) is 4.17. The highest BCUT2D eigenvalue weighted by Gasteiger charge is 2.14. The molecule has 90 valence electrons. The van der Waals surface area contributed by atoms with Crippen molar-refractivity contribution in [2.45, 2.75) is 18.9 Å². The van der Waals surface area contributed by atoms with Crippen molar-refractivity contribution < 1.29 is 4.74 Å². The van der Waals surface area contributed by atoms with E-state index in [2.05, 4.69) is 20.5 Å². The molecule has 3 rings (SSSR count). The van der Waals surface area contributed by atoms with Gasteiger partial charge in [0.25, 0.3) is 0 Å². The van der Waals surface area contributed by atoms with Crippen molar-refractivity contribution in [3.05, 3.63) is 22.9 Å². The van der Waals surface area contributed by atoms with Crippen LogP contribution in [0.25, 0.3) is 5.65 Å². The Morgan fingerprint density at radius 1 is 1.47 bits per heavy atom. The van der Waals surface area contributed by atoms with Crippen LogP contribution >= 0.6 is 0 Å². The van der Waals surface area contributed by atoms with Crippen LogP contribution in [0, 0.1) is 0 Å². The van der Waals surface area contributed by atoms with Gasteiger partial charge in [0.1, 0.15) is 12.1 Å². The van der Waals surface area contributed by atoms with Gasteiger partial charge in [-0.3, -0.25) is 0 Å². The quantitative estimate of drug-likeness (QED) is 0.766. The molecule has 7 heteroatoms. The largest absolute Gasteiger partial charge is 0.381 e. The van der Waals surface area contributed by atoms with E-state index in [0.29, 0.717) is 11.7 Å². The van der Waals surface area contributed by atoms with E-state index >= 15 is 0 Å². The third kappa shape index (κ3) is 2.01. The lowest BCUT2D eigenvalue weighted by molar-refractivity contribution is 0.0904. The molecule has 0 unspecified atom stereocenters. The molecule has 3 heterocycles. The molecule has 1 fully saturated rings. The van der Waals surface area contributed by atoms with E-state index in [1.165, 1.54) is 10.7 Å². The van der Waals surface area contributed by atoms with Crippen molar-refractivity contribution in [3.63, 3.8) is 0 Å². The number of anilines is 1. The van der Waals surface area contributed by atoms with Gasteiger partial charge in [0, 0.05) is 25.3 Å². The van der Waals surface area contributed by atoms with Crippen LogP contribution in [0.5, 0.6) is 0 Å². The zero-order valence-corrected chi connectivity index (χ0v) is 9.22. The summed E-state index contributed by atoms with van der Waals surface area (Å²) in [5, 5.41) is 9.59. The van der Waals surface area contributed by atoms with Crippen LogP contribution in [0.1, 0.15) is 12.8 Å². The van der Waals surface area contributed by atoms with Gasteiger partial charge in [0.05, 0.1) is 0 Å². The number of aromatic amines is 1. The maximum Gasteiger partial charge on any atom is 0.348 e. The number of nitrogens with zero attached hydrogens (tertiary/aromatic N) is 3. The first-order chi connectivity index (χ1) is 8.33. The molecule has 2 N–H and O–H groups in total. The fraction of sp³-hybridized carbons (Fsp3) is 0.500. The summed E-state index contributed by atoms with van der Waals surface area (Å²) in [6, 6.07) is 2.14. The Kier molecular flexibility index (Phi) is 2.52. The second-order valence-electron chi connectivity index (χ2n) is 4.06. The molecule has 0 saturated carbocycles. The Bertz CT molecular complexity index is 569. The van der Waals surface area contributed by atoms with Gasteiger partial charge in [0.15, 0.2) is 5.65 Å². The molecule has 0 radical (unpaired) electrons. The molecular weight excluding hydrogens is 222 g/mol. The van der Waals surface area contributed by atoms with Gasteiger partial charge in [-0.05, 0) is 12.8 Å². The number of nitrogens with one attached hydrogen (secondary N) is 2. The van der Waals surface area contributed by atoms with Crippen molar-refractivity contribution in [1.29, 1.82) is 0 Å². The number of aromatic nitrogens is 4. The van der Waals surface area contributed by atoms with Crippen molar-refractivity contribution in [1.82, 2.24) is 19.6 Å². The molecule has 0 amide bonds. The fourth-order valence-corrected chi connectivity index (χ4v) is 1.94. The lowest BCUT2D eigenvalue weighted by Crippen LogP contribution is -2.28. The minimum atomic E-state index is -0.273. The standard InChI is InChI=1S/C10H13N5O2/c16-10-14-13-9-5-8(11-6-15(9)10)12-7-1-3-17-4-2-7/h5-7,12H,1-4H2,(H,14,16). The fourth-order valence-electron chi connectivity index (χ4n) is 1.94. The van der Waals surface area contributed by atoms with Crippen LogP contribution in [0.15, 0.2) is 17.2 Å². The Labute approximate surface area is 96.8 Å². The maximum atomic E-state index is 11.2. The highest BCUT2D eigenvalue weighted by molar-refractivity contribution is 5.48. The molecule has 17 heavy (non-hydrogen) atoms. The Hall–Kier alpha value is -1.89. The maximum absolute atomic E-state index is 11.2. The predicted octanol–water partition coefficient (Wildman–Crippen LogP) is 0.00850. The third-order valence-electron chi connectivity index (χ3n) is 2.88. The molecule has 0 aliphatic carbocycles. The topological polar surface area (TPSA) is 84.3 Å². The minimum Gasteiger partial charge on any atom is -0.381 e. The summed E-state index contributed by atoms with van der Waals surface area (Å²) in [7, 11) is 0. The summed E-state index contributed by atoms with van der Waals surface area (Å²) in [6.07, 6.45) is 3.42. The van der Waals surface area contributed by atoms with Gasteiger partial charge < -0.3 is 10.1 Å². The molecule has 2 aromatic rings. The molecule has 1 saturated heterocycles. The molecule has 1 aliphatic heterocycles. The first-order valence-electron chi connectivity index (χ1n) is 5.60. The molecule has 0 spiro atoms. The number of ether oxygens (including phenoxy) is 1. The number of hydrogen-bond donors (Lipinski definition) is 2. The predicted molar refractivity (Wildman–Crippen MR) is 61.1 cm³/mol. The normalized spacial score (nSPS) is 17.4. The third-order valence-corrected chi connectivity index (χ3v) is 2.88. The van der Waals surface area contributed by atoms with E-state index in [-0.39, 0.29) is 5.69 Å². The van der Waals surface area contributed by atoms with Crippen molar-refractivity contribution >= 4 is 11.5 Å². The zero-order chi connectivity index (χ0) is 11.7. The lowest BCUT2D eigenvalue weighted by atomic mass is 10.1. The summed E-state index contributed by atoms with van der Waals surface area (Å²) in [6.45, 7) is 1.56. The van der Waals surface area contributed by atoms with Gasteiger partial charge in [-0.25, -0.2) is 19.3 Å². The molecule has 7 nitrogen and oxygen atoms in total. The van der Waals surface area contributed by atoms with Crippen molar-refractivity contribution in [2.24, 2.45) is 0 Å². The highest BCUT2D eigenvalue weighted by atomic mass is 16.5. The SMILES string of the molecule is O=c1[nH]nc2cc(NC3CCOCC3)ncn12. The van der Waals surface area contributed by atoms with Crippen LogP contribution in [0.4, 0.5) is 5.82 Å². The van der Waals surface area contributed by atoms with E-state index in [9.17, 15) is 4.79 Å². The second-order valence-corrected chi connectivity index (χ2v) is 4.06. The van der Waals surface area contributed by atoms with Gasteiger partial charge >= 0.3 is 5.69 Å². The molecular formula is C10H13N5O2. The van der Waals surface area contributed by atoms with E-state index < -0.39 is 0 Å². The van der Waals surface area contributed by atoms with Crippen molar-refractivity contribution in [3.8, 4) is 0 Å². The molecule has 2 aromatic heterocycles. The summed E-state index contributed by atoms with van der Waals surface area (Å²) in [5.41, 5.74) is 0.296. The molecule has 0 bridgehead atoms. The van der Waals surface area contributed by atoms with Gasteiger partial charge in [-0.2, -0.15) is 5.10 Å². The number of fused-ring (bicyclic) bond motifs is 1. The molecule has 0 aromatic carbocycles. The first-order valence-corrected chi connectivity index (χ1v) is 5.60. The lowest BCUT2D eigenvalue weighted by Gasteiger charge is -2.23. The average molecular weight is 235 g/mol. The molecule has 0 atom stereocenters. The van der Waals surface area contributed by atoms with Gasteiger partial charge in [-0.15, -0.1) is 0 Å². The highest BCUT2D eigenvalue weighted by Crippen LogP contribution is 2.13. The van der Waals surface area contributed by atoms with Crippen LogP contribution < -0.4 is 11.0 Å². The first kappa shape index (κ1) is 10.3. The summed E-state index contributed by atoms with van der Waals surface area (Å²) >= 11 is 0. The average Bonchev–Trinajstić information content (AvgIpc) is 2.72. The zero-order valence-electron chi connectivity index (χ0n) is 9.22. The van der Waals surface area contributed by atoms with Gasteiger partial charge in [0.2, 0.25) is 0 Å². The number of rotatable bonds is 2. The van der Waals surface area contributed by atoms with Crippen LogP contribution in [0.2, 0.25) is 0 Å². The Morgan fingerprint density at radius 3 is 3.12 bits per heavy atom. The Balaban J connectivity index is 1.82. The minimum absolute atomic E-state index is 0.273. The van der Waals surface area contributed by atoms with E-state index in [1.807, 2.05) is 0 Å². The van der Waals surface area contributed by atoms with E-state index in [4.69, 9.17) is 4.74 Å².